The molecular weight excluding hydrogens is 640 g/mol. The minimum Gasteiger partial charge on any atom is -0.369 e. The zero-order valence-corrected chi connectivity index (χ0v) is 28.1. The van der Waals surface area contributed by atoms with Crippen molar-refractivity contribution in [3.63, 3.8) is 0 Å². The van der Waals surface area contributed by atoms with E-state index in [2.05, 4.69) is 47.6 Å². The van der Waals surface area contributed by atoms with Crippen molar-refractivity contribution in [3.8, 4) is 0 Å². The van der Waals surface area contributed by atoms with E-state index >= 15 is 0 Å². The maximum absolute atomic E-state index is 14.8. The average molecular weight is 682 g/mol. The molecule has 3 fully saturated rings. The number of anilines is 3. The van der Waals surface area contributed by atoms with Crippen molar-refractivity contribution >= 4 is 40.2 Å². The summed E-state index contributed by atoms with van der Waals surface area (Å²) in [5.41, 5.74) is 4.90. The number of imide groups is 1. The molecule has 5 heterocycles. The predicted octanol–water partition coefficient (Wildman–Crippen LogP) is 5.72. The summed E-state index contributed by atoms with van der Waals surface area (Å²) < 4.78 is 32.6. The molecule has 2 aliphatic heterocycles. The van der Waals surface area contributed by atoms with Gasteiger partial charge >= 0.3 is 0 Å². The average Bonchev–Trinajstić information content (AvgIpc) is 3.77. The third kappa shape index (κ3) is 6.41. The van der Waals surface area contributed by atoms with Gasteiger partial charge in [0.1, 0.15) is 12.0 Å². The fraction of sp³-hybridized carbons (Fsp3) is 0.432. The summed E-state index contributed by atoms with van der Waals surface area (Å²) in [6.45, 7) is 6.75. The number of hydrogen-bond acceptors (Lipinski definition) is 8. The van der Waals surface area contributed by atoms with E-state index in [1.165, 1.54) is 12.1 Å². The molecule has 3 aromatic heterocycles. The Morgan fingerprint density at radius 3 is 2.62 bits per heavy atom. The third-order valence-electron chi connectivity index (χ3n) is 10.8. The van der Waals surface area contributed by atoms with Gasteiger partial charge in [0.05, 0.1) is 35.7 Å². The lowest BCUT2D eigenvalue weighted by atomic mass is 9.78. The molecule has 11 nitrogen and oxygen atoms in total. The number of nitrogens with zero attached hydrogens (tertiary/aromatic N) is 7. The minimum atomic E-state index is -1.44. The molecule has 2 unspecified atom stereocenters. The Morgan fingerprint density at radius 1 is 1.04 bits per heavy atom. The Labute approximate surface area is 289 Å². The third-order valence-corrected chi connectivity index (χ3v) is 10.8. The number of hydrogen-bond donors (Lipinski definition) is 2. The molecule has 260 valence electrons. The Kier molecular flexibility index (Phi) is 8.67. The topological polar surface area (TPSA) is 113 Å². The number of imidazole rings is 1. The number of piperidine rings is 1. The first-order chi connectivity index (χ1) is 24.3. The van der Waals surface area contributed by atoms with Gasteiger partial charge in [-0.25, -0.2) is 18.7 Å². The van der Waals surface area contributed by atoms with Gasteiger partial charge in [0.2, 0.25) is 11.8 Å². The zero-order valence-electron chi connectivity index (χ0n) is 28.1. The SMILES string of the molecule is CC1=C(F)CC(F)C(c2cnc(Nc3cnn(C4CC(CCN5CCN(c6ccc(C7CCC(=O)NC7=O)cc6)CC5)C4)c3)c3nccn23)=C1. The van der Waals surface area contributed by atoms with Crippen LogP contribution >= 0.6 is 0 Å². The van der Waals surface area contributed by atoms with Crippen LogP contribution in [0.4, 0.5) is 26.0 Å². The second kappa shape index (κ2) is 13.4. The van der Waals surface area contributed by atoms with Crippen LogP contribution in [0.1, 0.15) is 68.7 Å². The van der Waals surface area contributed by atoms with Crippen molar-refractivity contribution in [2.24, 2.45) is 5.92 Å². The van der Waals surface area contributed by atoms with Gasteiger partial charge < -0.3 is 10.2 Å². The molecule has 0 radical (unpaired) electrons. The van der Waals surface area contributed by atoms with Crippen molar-refractivity contribution < 1.29 is 18.4 Å². The molecular formula is C37H41F2N9O2. The van der Waals surface area contributed by atoms with E-state index in [0.717, 1.165) is 56.8 Å². The van der Waals surface area contributed by atoms with Gasteiger partial charge in [-0.1, -0.05) is 12.1 Å². The number of allylic oxidation sites excluding steroid dienone is 4. The largest absolute Gasteiger partial charge is 0.369 e. The highest BCUT2D eigenvalue weighted by Gasteiger charge is 2.32. The second-order valence-electron chi connectivity index (χ2n) is 14.0. The number of fused-ring (bicyclic) bond motifs is 1. The highest BCUT2D eigenvalue weighted by Crippen LogP contribution is 2.40. The lowest BCUT2D eigenvalue weighted by Crippen LogP contribution is -2.47. The van der Waals surface area contributed by atoms with Gasteiger partial charge in [0.25, 0.3) is 0 Å². The van der Waals surface area contributed by atoms with Crippen LogP contribution in [0.25, 0.3) is 11.2 Å². The number of halogens is 2. The first-order valence-corrected chi connectivity index (χ1v) is 17.5. The van der Waals surface area contributed by atoms with Crippen LogP contribution in [-0.4, -0.2) is 79.8 Å². The number of rotatable bonds is 9. The van der Waals surface area contributed by atoms with Gasteiger partial charge in [-0.3, -0.25) is 28.9 Å². The van der Waals surface area contributed by atoms with E-state index in [-0.39, 0.29) is 24.2 Å². The van der Waals surface area contributed by atoms with Crippen molar-refractivity contribution in [1.82, 2.24) is 34.4 Å². The van der Waals surface area contributed by atoms with Crippen molar-refractivity contribution in [2.45, 2.75) is 63.6 Å². The van der Waals surface area contributed by atoms with E-state index in [9.17, 15) is 18.4 Å². The quantitative estimate of drug-likeness (QED) is 0.216. The van der Waals surface area contributed by atoms with Gasteiger partial charge in [-0.2, -0.15) is 5.10 Å². The molecule has 2 atom stereocenters. The van der Waals surface area contributed by atoms with Crippen LogP contribution < -0.4 is 15.5 Å². The van der Waals surface area contributed by atoms with E-state index in [1.54, 1.807) is 42.2 Å². The number of aromatic nitrogens is 5. The molecule has 4 aliphatic rings. The lowest BCUT2D eigenvalue weighted by Gasteiger charge is -2.39. The van der Waals surface area contributed by atoms with Crippen LogP contribution in [0.3, 0.4) is 0 Å². The number of benzene rings is 1. The number of piperazine rings is 1. The van der Waals surface area contributed by atoms with Crippen molar-refractivity contribution in [1.29, 1.82) is 0 Å². The predicted molar refractivity (Wildman–Crippen MR) is 186 cm³/mol. The standard InChI is InChI=1S/C37H41F2N9O2/c1-23-16-30(32(39)19-31(23)38)33-21-41-35(36-40-9-11-47(33)36)43-26-20-42-48(22-26)28-17-24(18-28)8-10-45-12-14-46(15-13-45)27-4-2-25(3-5-27)29-6-7-34(49)44-37(29)50/h2-5,9,11,16,20-22,24,28-29,32H,6-8,10,12-15,17-19H2,1H3,(H,41,43)(H,44,49,50). The molecule has 2 amide bonds. The maximum Gasteiger partial charge on any atom is 0.234 e. The smallest absolute Gasteiger partial charge is 0.234 e. The summed E-state index contributed by atoms with van der Waals surface area (Å²) in [7, 11) is 0. The number of carbonyl (C=O) groups excluding carboxylic acids is 2. The monoisotopic (exact) mass is 681 g/mol. The molecule has 0 bridgehead atoms. The normalized spacial score (nSPS) is 24.7. The maximum atomic E-state index is 14.8. The zero-order chi connectivity index (χ0) is 34.4. The fourth-order valence-corrected chi connectivity index (χ4v) is 7.70. The molecule has 2 N–H and O–H groups in total. The molecule has 1 saturated carbocycles. The number of nitrogens with one attached hydrogen (secondary N) is 2. The van der Waals surface area contributed by atoms with E-state index in [4.69, 9.17) is 0 Å². The van der Waals surface area contributed by atoms with E-state index in [0.29, 0.717) is 53.1 Å². The van der Waals surface area contributed by atoms with Gasteiger partial charge in [0, 0.05) is 68.9 Å². The number of alkyl halides is 1. The van der Waals surface area contributed by atoms with Gasteiger partial charge in [-0.05, 0) is 74.4 Å². The van der Waals surface area contributed by atoms with E-state index < -0.39 is 12.0 Å². The van der Waals surface area contributed by atoms with Gasteiger partial charge in [-0.15, -0.1) is 0 Å². The lowest BCUT2D eigenvalue weighted by molar-refractivity contribution is -0.134. The Hall–Kier alpha value is -4.91. The molecule has 8 rings (SSSR count). The summed E-state index contributed by atoms with van der Waals surface area (Å²) >= 11 is 0. The summed E-state index contributed by atoms with van der Waals surface area (Å²) in [5.74, 6) is 0.170. The van der Waals surface area contributed by atoms with Crippen molar-refractivity contribution in [3.05, 3.63) is 84.0 Å². The first-order valence-electron chi connectivity index (χ1n) is 17.5. The first kappa shape index (κ1) is 32.3. The molecule has 0 spiro atoms. The molecule has 2 aliphatic carbocycles. The minimum absolute atomic E-state index is 0.185. The Bertz CT molecular complexity index is 1970. The summed E-state index contributed by atoms with van der Waals surface area (Å²) in [6.07, 6.45) is 13.0. The number of amides is 2. The van der Waals surface area contributed by atoms with Crippen molar-refractivity contribution in [2.75, 3.05) is 42.9 Å². The Balaban J connectivity index is 0.798. The van der Waals surface area contributed by atoms with E-state index in [1.807, 2.05) is 23.0 Å². The van der Waals surface area contributed by atoms with Gasteiger partial charge in [0.15, 0.2) is 11.5 Å². The molecule has 2 saturated heterocycles. The highest BCUT2D eigenvalue weighted by atomic mass is 19.1. The van der Waals surface area contributed by atoms with Crippen LogP contribution in [0.5, 0.6) is 0 Å². The summed E-state index contributed by atoms with van der Waals surface area (Å²) in [6, 6.07) is 8.63. The molecule has 4 aromatic rings. The summed E-state index contributed by atoms with van der Waals surface area (Å²) in [4.78, 5) is 37.7. The fourth-order valence-electron chi connectivity index (χ4n) is 7.70. The number of carbonyl (C=O) groups is 2. The molecule has 13 heteroatoms. The van der Waals surface area contributed by atoms with Crippen LogP contribution in [0, 0.1) is 5.92 Å². The molecule has 50 heavy (non-hydrogen) atoms. The second-order valence-corrected chi connectivity index (χ2v) is 14.0. The summed E-state index contributed by atoms with van der Waals surface area (Å²) in [5, 5.41) is 10.4. The molecule has 1 aromatic carbocycles. The highest BCUT2D eigenvalue weighted by molar-refractivity contribution is 6.01. The van der Waals surface area contributed by atoms with Crippen LogP contribution in [0.2, 0.25) is 0 Å². The van der Waals surface area contributed by atoms with Crippen LogP contribution in [0.15, 0.2) is 72.7 Å². The Morgan fingerprint density at radius 2 is 1.84 bits per heavy atom. The van der Waals surface area contributed by atoms with Crippen LogP contribution in [-0.2, 0) is 9.59 Å².